The molecule has 0 atom stereocenters. The fraction of sp³-hybridized carbons (Fsp3) is 0.500. The van der Waals surface area contributed by atoms with Crippen LogP contribution in [0.2, 0.25) is 0 Å². The fourth-order valence-corrected chi connectivity index (χ4v) is 1.64. The number of carbonyl (C=O) groups is 1. The van der Waals surface area contributed by atoms with E-state index in [4.69, 9.17) is 9.47 Å². The van der Waals surface area contributed by atoms with Gasteiger partial charge in [-0.25, -0.2) is 0 Å². The maximum Gasteiger partial charge on any atom is 0.223 e. The molecule has 1 N–H and O–H groups in total. The molecule has 1 aromatic rings. The summed E-state index contributed by atoms with van der Waals surface area (Å²) in [4.78, 5) is 13.0. The van der Waals surface area contributed by atoms with Crippen molar-refractivity contribution in [3.63, 3.8) is 0 Å². The maximum atomic E-state index is 11.4. The summed E-state index contributed by atoms with van der Waals surface area (Å²) in [5.74, 6) is 1.67. The van der Waals surface area contributed by atoms with Gasteiger partial charge in [0.15, 0.2) is 0 Å². The number of carbonyl (C=O) groups excluding carboxylic acids is 1. The third-order valence-corrected chi connectivity index (χ3v) is 2.82. The van der Waals surface area contributed by atoms with Gasteiger partial charge in [0, 0.05) is 45.2 Å². The van der Waals surface area contributed by atoms with E-state index in [-0.39, 0.29) is 5.91 Å². The standard InChI is InChI=1S/C14H22N2O3/c1-16(2)14(17)7-8-15-10-11-5-6-12(18-3)9-13(11)19-4/h5-6,9,15H,7-8,10H2,1-4H3. The van der Waals surface area contributed by atoms with Crippen LogP contribution in [0.3, 0.4) is 0 Å². The molecule has 0 heterocycles. The Morgan fingerprint density at radius 2 is 2.00 bits per heavy atom. The van der Waals surface area contributed by atoms with Gasteiger partial charge in [-0.3, -0.25) is 4.79 Å². The van der Waals surface area contributed by atoms with E-state index in [1.807, 2.05) is 18.2 Å². The number of hydrogen-bond donors (Lipinski definition) is 1. The van der Waals surface area contributed by atoms with Crippen LogP contribution >= 0.6 is 0 Å². The topological polar surface area (TPSA) is 50.8 Å². The Labute approximate surface area is 114 Å². The number of amides is 1. The number of benzene rings is 1. The average Bonchev–Trinajstić information content (AvgIpc) is 2.43. The Morgan fingerprint density at radius 3 is 2.58 bits per heavy atom. The van der Waals surface area contributed by atoms with E-state index in [9.17, 15) is 4.79 Å². The molecule has 5 heteroatoms. The molecule has 0 spiro atoms. The smallest absolute Gasteiger partial charge is 0.223 e. The van der Waals surface area contributed by atoms with E-state index in [1.165, 1.54) is 0 Å². The molecule has 0 saturated carbocycles. The highest BCUT2D eigenvalue weighted by atomic mass is 16.5. The van der Waals surface area contributed by atoms with Gasteiger partial charge >= 0.3 is 0 Å². The summed E-state index contributed by atoms with van der Waals surface area (Å²) in [6.45, 7) is 1.31. The van der Waals surface area contributed by atoms with Crippen molar-refractivity contribution in [2.45, 2.75) is 13.0 Å². The summed E-state index contributed by atoms with van der Waals surface area (Å²) >= 11 is 0. The lowest BCUT2D eigenvalue weighted by Gasteiger charge is -2.12. The Hall–Kier alpha value is -1.75. The van der Waals surface area contributed by atoms with Crippen LogP contribution in [-0.2, 0) is 11.3 Å². The first kappa shape index (κ1) is 15.3. The molecule has 106 valence electrons. The number of hydrogen-bond acceptors (Lipinski definition) is 4. The van der Waals surface area contributed by atoms with Crippen LogP contribution in [0.4, 0.5) is 0 Å². The average molecular weight is 266 g/mol. The van der Waals surface area contributed by atoms with Crippen molar-refractivity contribution in [1.29, 1.82) is 0 Å². The van der Waals surface area contributed by atoms with E-state index in [2.05, 4.69) is 5.32 Å². The quantitative estimate of drug-likeness (QED) is 0.755. The first-order valence-corrected chi connectivity index (χ1v) is 6.20. The molecule has 19 heavy (non-hydrogen) atoms. The van der Waals surface area contributed by atoms with E-state index < -0.39 is 0 Å². The van der Waals surface area contributed by atoms with Crippen LogP contribution < -0.4 is 14.8 Å². The van der Waals surface area contributed by atoms with Crippen LogP contribution in [0.5, 0.6) is 11.5 Å². The first-order valence-electron chi connectivity index (χ1n) is 6.20. The molecule has 1 aromatic carbocycles. The molecular weight excluding hydrogens is 244 g/mol. The van der Waals surface area contributed by atoms with Gasteiger partial charge < -0.3 is 19.7 Å². The summed E-state index contributed by atoms with van der Waals surface area (Å²) in [6, 6.07) is 5.70. The number of nitrogens with zero attached hydrogens (tertiary/aromatic N) is 1. The summed E-state index contributed by atoms with van der Waals surface area (Å²) in [6.07, 6.45) is 0.492. The van der Waals surface area contributed by atoms with E-state index >= 15 is 0 Å². The van der Waals surface area contributed by atoms with Gasteiger partial charge in [-0.1, -0.05) is 6.07 Å². The largest absolute Gasteiger partial charge is 0.497 e. The normalized spacial score (nSPS) is 10.1. The molecule has 0 unspecified atom stereocenters. The predicted molar refractivity (Wildman–Crippen MR) is 74.6 cm³/mol. The van der Waals surface area contributed by atoms with Crippen molar-refractivity contribution >= 4 is 5.91 Å². The van der Waals surface area contributed by atoms with Crippen LogP contribution in [0.25, 0.3) is 0 Å². The summed E-state index contributed by atoms with van der Waals surface area (Å²) in [5, 5.41) is 3.23. The van der Waals surface area contributed by atoms with Gasteiger partial charge in [0.1, 0.15) is 11.5 Å². The molecule has 0 bridgehead atoms. The molecule has 1 rings (SSSR count). The van der Waals surface area contributed by atoms with E-state index in [0.717, 1.165) is 17.1 Å². The molecular formula is C14H22N2O3. The van der Waals surface area contributed by atoms with Crippen molar-refractivity contribution < 1.29 is 14.3 Å². The molecule has 0 fully saturated rings. The van der Waals surface area contributed by atoms with E-state index in [0.29, 0.717) is 19.5 Å². The Kier molecular flexibility index (Phi) is 6.15. The van der Waals surface area contributed by atoms with Gasteiger partial charge in [-0.15, -0.1) is 0 Å². The highest BCUT2D eigenvalue weighted by molar-refractivity contribution is 5.75. The minimum absolute atomic E-state index is 0.120. The lowest BCUT2D eigenvalue weighted by molar-refractivity contribution is -0.128. The SMILES string of the molecule is COc1ccc(CNCCC(=O)N(C)C)c(OC)c1. The number of rotatable bonds is 7. The maximum absolute atomic E-state index is 11.4. The van der Waals surface area contributed by atoms with Crippen LogP contribution in [0.1, 0.15) is 12.0 Å². The Bertz CT molecular complexity index is 419. The zero-order chi connectivity index (χ0) is 14.3. The zero-order valence-electron chi connectivity index (χ0n) is 12.0. The fourth-order valence-electron chi connectivity index (χ4n) is 1.64. The second-order valence-corrected chi connectivity index (χ2v) is 4.39. The number of nitrogens with one attached hydrogen (secondary N) is 1. The van der Waals surface area contributed by atoms with Crippen LogP contribution in [0, 0.1) is 0 Å². The summed E-state index contributed by atoms with van der Waals surface area (Å²) < 4.78 is 10.5. The van der Waals surface area contributed by atoms with Gasteiger partial charge in [0.2, 0.25) is 5.91 Å². The van der Waals surface area contributed by atoms with Crippen molar-refractivity contribution in [3.8, 4) is 11.5 Å². The van der Waals surface area contributed by atoms with E-state index in [1.54, 1.807) is 33.2 Å². The highest BCUT2D eigenvalue weighted by Crippen LogP contribution is 2.24. The zero-order valence-corrected chi connectivity index (χ0v) is 12.0. The van der Waals surface area contributed by atoms with Gasteiger partial charge in [0.05, 0.1) is 14.2 Å². The number of methoxy groups -OCH3 is 2. The second kappa shape index (κ2) is 7.63. The van der Waals surface area contributed by atoms with Gasteiger partial charge in [-0.05, 0) is 6.07 Å². The Morgan fingerprint density at radius 1 is 1.26 bits per heavy atom. The minimum Gasteiger partial charge on any atom is -0.497 e. The second-order valence-electron chi connectivity index (χ2n) is 4.39. The molecule has 0 aromatic heterocycles. The van der Waals surface area contributed by atoms with Crippen LogP contribution in [-0.4, -0.2) is 45.7 Å². The molecule has 0 aliphatic carbocycles. The summed E-state index contributed by atoms with van der Waals surface area (Å²) in [5.41, 5.74) is 1.04. The first-order chi connectivity index (χ1) is 9.08. The Balaban J connectivity index is 2.47. The van der Waals surface area contributed by atoms with Gasteiger partial charge in [-0.2, -0.15) is 0 Å². The molecule has 0 aliphatic rings. The third kappa shape index (κ3) is 4.79. The molecule has 0 saturated heterocycles. The van der Waals surface area contributed by atoms with Crippen molar-refractivity contribution in [2.24, 2.45) is 0 Å². The van der Waals surface area contributed by atoms with Gasteiger partial charge in [0.25, 0.3) is 0 Å². The predicted octanol–water partition coefficient (Wildman–Crippen LogP) is 1.27. The number of ether oxygens (including phenoxy) is 2. The highest BCUT2D eigenvalue weighted by Gasteiger charge is 2.06. The molecule has 0 aliphatic heterocycles. The minimum atomic E-state index is 0.120. The van der Waals surface area contributed by atoms with Crippen LogP contribution in [0.15, 0.2) is 18.2 Å². The summed E-state index contributed by atoms with van der Waals surface area (Å²) in [7, 11) is 6.77. The monoisotopic (exact) mass is 266 g/mol. The third-order valence-electron chi connectivity index (χ3n) is 2.82. The lowest BCUT2D eigenvalue weighted by Crippen LogP contribution is -2.26. The van der Waals surface area contributed by atoms with Crippen molar-refractivity contribution in [3.05, 3.63) is 23.8 Å². The molecule has 1 amide bonds. The molecule has 5 nitrogen and oxygen atoms in total. The lowest BCUT2D eigenvalue weighted by atomic mass is 10.2. The van der Waals surface area contributed by atoms with Crippen molar-refractivity contribution in [1.82, 2.24) is 10.2 Å². The molecule has 0 radical (unpaired) electrons. The van der Waals surface area contributed by atoms with Crippen molar-refractivity contribution in [2.75, 3.05) is 34.9 Å².